The lowest BCUT2D eigenvalue weighted by atomic mass is 10.0. The lowest BCUT2D eigenvalue weighted by Gasteiger charge is -2.20. The number of rotatable bonds is 32. The summed E-state index contributed by atoms with van der Waals surface area (Å²) in [7, 11) is 0. The van der Waals surface area contributed by atoms with Crippen LogP contribution in [0.4, 0.5) is 4.79 Å². The van der Waals surface area contributed by atoms with E-state index in [4.69, 9.17) is 19.9 Å². The molecule has 2 atom stereocenters. The second-order valence-corrected chi connectivity index (χ2v) is 15.1. The molecule has 0 radical (unpaired) electrons. The van der Waals surface area contributed by atoms with Gasteiger partial charge in [-0.3, -0.25) is 9.59 Å². The van der Waals surface area contributed by atoms with Crippen molar-refractivity contribution in [3.8, 4) is 0 Å². The molecule has 0 heterocycles. The van der Waals surface area contributed by atoms with Crippen LogP contribution in [0.2, 0.25) is 0 Å². The molecule has 8 nitrogen and oxygen atoms in total. The Morgan fingerprint density at radius 1 is 0.520 bits per heavy atom. The van der Waals surface area contributed by atoms with E-state index in [1.165, 1.54) is 103 Å². The van der Waals surface area contributed by atoms with E-state index >= 15 is 0 Å². The number of unbranched alkanes of at least 4 members (excludes halogenated alkanes) is 15. The van der Waals surface area contributed by atoms with Gasteiger partial charge in [-0.25, -0.2) is 4.79 Å². The van der Waals surface area contributed by atoms with Crippen LogP contribution in [0.25, 0.3) is 0 Å². The van der Waals surface area contributed by atoms with Crippen molar-refractivity contribution in [2.24, 2.45) is 5.73 Å². The molecule has 0 aliphatic heterocycles. The zero-order valence-electron chi connectivity index (χ0n) is 34.2. The van der Waals surface area contributed by atoms with E-state index in [1.807, 2.05) is 20.8 Å². The van der Waals surface area contributed by atoms with Crippen LogP contribution in [0.5, 0.6) is 0 Å². The summed E-state index contributed by atoms with van der Waals surface area (Å²) in [6.07, 6.45) is 29.6. The predicted molar refractivity (Wildman–Crippen MR) is 210 cm³/mol. The number of hydrogen-bond acceptors (Lipinski definition) is 7. The fraction of sp³-hybridized carbons (Fsp3) is 0.929. The SMILES string of the molecule is CCCCCCCCC(CCCC)OC(=O)CCCNC(=O)OC(C)(C)C.CCCCCCCCC(CCCCCCC)OC(=O)CCCN. The predicted octanol–water partition coefficient (Wildman–Crippen LogP) is 11.9. The van der Waals surface area contributed by atoms with Crippen molar-refractivity contribution in [2.45, 2.75) is 240 Å². The van der Waals surface area contributed by atoms with Gasteiger partial charge in [0.2, 0.25) is 0 Å². The second kappa shape index (κ2) is 36.9. The highest BCUT2D eigenvalue weighted by molar-refractivity contribution is 5.70. The average Bonchev–Trinajstić information content (AvgIpc) is 3.06. The molecule has 0 saturated carbocycles. The number of esters is 2. The Morgan fingerprint density at radius 2 is 0.880 bits per heavy atom. The lowest BCUT2D eigenvalue weighted by molar-refractivity contribution is -0.151. The van der Waals surface area contributed by atoms with Crippen molar-refractivity contribution >= 4 is 18.0 Å². The molecule has 298 valence electrons. The van der Waals surface area contributed by atoms with Gasteiger partial charge in [-0.2, -0.15) is 0 Å². The van der Waals surface area contributed by atoms with E-state index in [-0.39, 0.29) is 24.1 Å². The minimum atomic E-state index is -0.508. The summed E-state index contributed by atoms with van der Waals surface area (Å²) in [6.45, 7) is 15.3. The van der Waals surface area contributed by atoms with E-state index in [0.717, 1.165) is 51.4 Å². The van der Waals surface area contributed by atoms with Gasteiger partial charge in [0, 0.05) is 19.4 Å². The van der Waals surface area contributed by atoms with Crippen LogP contribution in [-0.4, -0.2) is 48.9 Å². The Labute approximate surface area is 309 Å². The third-order valence-electron chi connectivity index (χ3n) is 8.68. The fourth-order valence-electron chi connectivity index (χ4n) is 5.71. The maximum atomic E-state index is 12.1. The van der Waals surface area contributed by atoms with E-state index in [9.17, 15) is 14.4 Å². The van der Waals surface area contributed by atoms with Gasteiger partial charge in [0.25, 0.3) is 0 Å². The molecule has 50 heavy (non-hydrogen) atoms. The number of nitrogens with one attached hydrogen (secondary N) is 1. The summed E-state index contributed by atoms with van der Waals surface area (Å²) < 4.78 is 16.5. The van der Waals surface area contributed by atoms with Crippen LogP contribution in [0.3, 0.4) is 0 Å². The van der Waals surface area contributed by atoms with Crippen molar-refractivity contribution in [1.29, 1.82) is 0 Å². The highest BCUT2D eigenvalue weighted by atomic mass is 16.6. The van der Waals surface area contributed by atoms with Crippen molar-refractivity contribution in [3.63, 3.8) is 0 Å². The molecule has 0 aliphatic rings. The average molecular weight is 713 g/mol. The third-order valence-corrected chi connectivity index (χ3v) is 8.68. The first-order valence-electron chi connectivity index (χ1n) is 21.1. The Kier molecular flexibility index (Phi) is 37.2. The highest BCUT2D eigenvalue weighted by Gasteiger charge is 2.17. The molecule has 0 fully saturated rings. The summed E-state index contributed by atoms with van der Waals surface area (Å²) in [5.41, 5.74) is 4.96. The van der Waals surface area contributed by atoms with Crippen molar-refractivity contribution < 1.29 is 28.6 Å². The van der Waals surface area contributed by atoms with Gasteiger partial charge in [0.15, 0.2) is 0 Å². The van der Waals surface area contributed by atoms with Gasteiger partial charge in [-0.05, 0) is 85.1 Å². The van der Waals surface area contributed by atoms with Crippen LogP contribution in [0.1, 0.15) is 222 Å². The first-order valence-corrected chi connectivity index (χ1v) is 21.1. The third kappa shape index (κ3) is 39.0. The molecule has 8 heteroatoms. The number of hydrogen-bond donors (Lipinski definition) is 2. The molecule has 3 N–H and O–H groups in total. The molecular weight excluding hydrogens is 628 g/mol. The van der Waals surface area contributed by atoms with E-state index in [0.29, 0.717) is 32.4 Å². The van der Waals surface area contributed by atoms with Gasteiger partial charge in [-0.1, -0.05) is 130 Å². The minimum Gasteiger partial charge on any atom is -0.462 e. The smallest absolute Gasteiger partial charge is 0.407 e. The zero-order chi connectivity index (χ0) is 37.7. The summed E-state index contributed by atoms with van der Waals surface area (Å²) in [6, 6.07) is 0. The number of nitrogens with two attached hydrogens (primary N) is 1. The Morgan fingerprint density at radius 3 is 1.26 bits per heavy atom. The van der Waals surface area contributed by atoms with Gasteiger partial charge in [-0.15, -0.1) is 0 Å². The Balaban J connectivity index is 0. The van der Waals surface area contributed by atoms with Gasteiger partial charge >= 0.3 is 18.0 Å². The molecule has 0 aromatic carbocycles. The van der Waals surface area contributed by atoms with Crippen LogP contribution in [0.15, 0.2) is 0 Å². The molecule has 0 aromatic heterocycles. The molecule has 0 spiro atoms. The summed E-state index contributed by atoms with van der Waals surface area (Å²) in [4.78, 5) is 35.5. The topological polar surface area (TPSA) is 117 Å². The standard InChI is InChI=1S/C22H43NO4.C20H41NO2/c1-6-8-10-11-12-13-16-19(15-9-7-2)26-20(24)17-14-18-23-21(25)27-22(3,4)5;1-3-5-7-9-11-13-16-19(15-12-10-8-6-4-2)23-20(22)17-14-18-21/h19H,6-18H2,1-5H3,(H,23,25);19H,3-18,21H2,1-2H3. The molecule has 1 amide bonds. The van der Waals surface area contributed by atoms with Crippen molar-refractivity contribution in [2.75, 3.05) is 13.1 Å². The molecule has 0 aliphatic carbocycles. The van der Waals surface area contributed by atoms with Crippen LogP contribution < -0.4 is 11.1 Å². The number of carbonyl (C=O) groups excluding carboxylic acids is 3. The lowest BCUT2D eigenvalue weighted by Crippen LogP contribution is -2.33. The summed E-state index contributed by atoms with van der Waals surface area (Å²) >= 11 is 0. The Bertz CT molecular complexity index is 770. The zero-order valence-corrected chi connectivity index (χ0v) is 34.2. The minimum absolute atomic E-state index is 0.0439. The maximum Gasteiger partial charge on any atom is 0.407 e. The molecule has 2 unspecified atom stereocenters. The molecule has 0 rings (SSSR count). The quantitative estimate of drug-likeness (QED) is 0.0405. The van der Waals surface area contributed by atoms with E-state index < -0.39 is 11.7 Å². The molecule has 0 saturated heterocycles. The summed E-state index contributed by atoms with van der Waals surface area (Å²) in [5, 5.41) is 2.67. The maximum absolute atomic E-state index is 12.1. The summed E-state index contributed by atoms with van der Waals surface area (Å²) in [5.74, 6) is -0.215. The Hall–Kier alpha value is -1.83. The first-order chi connectivity index (χ1) is 24.0. The second-order valence-electron chi connectivity index (χ2n) is 15.1. The highest BCUT2D eigenvalue weighted by Crippen LogP contribution is 2.18. The van der Waals surface area contributed by atoms with Gasteiger partial charge in [0.1, 0.15) is 17.8 Å². The van der Waals surface area contributed by atoms with Crippen LogP contribution in [0, 0.1) is 0 Å². The van der Waals surface area contributed by atoms with Crippen molar-refractivity contribution in [3.05, 3.63) is 0 Å². The molecular formula is C42H84N2O6. The molecule has 0 aromatic rings. The fourth-order valence-corrected chi connectivity index (χ4v) is 5.71. The van der Waals surface area contributed by atoms with E-state index in [1.54, 1.807) is 0 Å². The molecule has 0 bridgehead atoms. The first kappa shape index (κ1) is 50.3. The number of alkyl carbamates (subject to hydrolysis) is 1. The van der Waals surface area contributed by atoms with Crippen LogP contribution >= 0.6 is 0 Å². The largest absolute Gasteiger partial charge is 0.462 e. The van der Waals surface area contributed by atoms with Gasteiger partial charge in [0.05, 0.1) is 0 Å². The monoisotopic (exact) mass is 713 g/mol. The van der Waals surface area contributed by atoms with Crippen molar-refractivity contribution in [1.82, 2.24) is 5.32 Å². The normalized spacial score (nSPS) is 12.4. The van der Waals surface area contributed by atoms with Gasteiger partial charge < -0.3 is 25.3 Å². The number of carbonyl (C=O) groups is 3. The number of amides is 1. The van der Waals surface area contributed by atoms with Crippen LogP contribution in [-0.2, 0) is 23.8 Å². The number of ether oxygens (including phenoxy) is 3. The van der Waals surface area contributed by atoms with E-state index in [2.05, 4.69) is 33.0 Å².